The number of pyridine rings is 1. The molecular formula is C10H16N2O2. The molecule has 0 amide bonds. The van der Waals surface area contributed by atoms with Crippen molar-refractivity contribution >= 4 is 5.69 Å². The van der Waals surface area contributed by atoms with E-state index in [-0.39, 0.29) is 12.6 Å². The lowest BCUT2D eigenvalue weighted by molar-refractivity contribution is 0.281. The Kier molecular flexibility index (Phi) is 3.71. The first kappa shape index (κ1) is 10.8. The third-order valence-electron chi connectivity index (χ3n) is 1.90. The molecule has 0 aliphatic heterocycles. The topological polar surface area (TPSA) is 54.4 Å². The van der Waals surface area contributed by atoms with E-state index >= 15 is 0 Å². The molecule has 1 atom stereocenters. The summed E-state index contributed by atoms with van der Waals surface area (Å²) >= 11 is 0. The highest BCUT2D eigenvalue weighted by atomic mass is 16.5. The molecule has 0 spiro atoms. The second-order valence-electron chi connectivity index (χ2n) is 3.25. The van der Waals surface area contributed by atoms with E-state index in [2.05, 4.69) is 10.3 Å². The molecule has 0 aromatic carbocycles. The molecule has 0 bridgehead atoms. The zero-order chi connectivity index (χ0) is 10.6. The van der Waals surface area contributed by atoms with E-state index < -0.39 is 0 Å². The average molecular weight is 196 g/mol. The first-order valence-electron chi connectivity index (χ1n) is 4.55. The van der Waals surface area contributed by atoms with Crippen molar-refractivity contribution in [2.45, 2.75) is 19.9 Å². The van der Waals surface area contributed by atoms with Gasteiger partial charge in [0.05, 0.1) is 25.6 Å². The average Bonchev–Trinajstić information content (AvgIpc) is 2.18. The molecule has 1 rings (SSSR count). The summed E-state index contributed by atoms with van der Waals surface area (Å²) in [5, 5.41) is 12.0. The van der Waals surface area contributed by atoms with Gasteiger partial charge in [0, 0.05) is 11.7 Å². The molecular weight excluding hydrogens is 180 g/mol. The van der Waals surface area contributed by atoms with Crippen LogP contribution in [0.3, 0.4) is 0 Å². The van der Waals surface area contributed by atoms with Gasteiger partial charge >= 0.3 is 0 Å². The van der Waals surface area contributed by atoms with Gasteiger partial charge in [0.2, 0.25) is 0 Å². The standard InChI is InChI=1S/C10H16N2O2/c1-7-4-9(12-8(2)6-13)10(14-3)5-11-7/h4-5,8,13H,6H2,1-3H3,(H,11,12). The lowest BCUT2D eigenvalue weighted by Crippen LogP contribution is -2.19. The largest absolute Gasteiger partial charge is 0.493 e. The van der Waals surface area contributed by atoms with Crippen molar-refractivity contribution in [2.75, 3.05) is 19.0 Å². The van der Waals surface area contributed by atoms with Crippen LogP contribution in [0.15, 0.2) is 12.3 Å². The zero-order valence-electron chi connectivity index (χ0n) is 8.74. The number of nitrogens with one attached hydrogen (secondary N) is 1. The zero-order valence-corrected chi connectivity index (χ0v) is 8.74. The van der Waals surface area contributed by atoms with E-state index in [0.29, 0.717) is 5.75 Å². The molecule has 0 saturated carbocycles. The third-order valence-corrected chi connectivity index (χ3v) is 1.90. The molecule has 2 N–H and O–H groups in total. The molecule has 14 heavy (non-hydrogen) atoms. The van der Waals surface area contributed by atoms with E-state index in [0.717, 1.165) is 11.4 Å². The molecule has 1 aromatic rings. The van der Waals surface area contributed by atoms with Crippen LogP contribution in [0.5, 0.6) is 5.75 Å². The van der Waals surface area contributed by atoms with Crippen molar-refractivity contribution in [3.8, 4) is 5.75 Å². The monoisotopic (exact) mass is 196 g/mol. The molecule has 0 aliphatic rings. The molecule has 0 aliphatic carbocycles. The van der Waals surface area contributed by atoms with Crippen LogP contribution in [0.4, 0.5) is 5.69 Å². The smallest absolute Gasteiger partial charge is 0.160 e. The number of ether oxygens (including phenoxy) is 1. The summed E-state index contributed by atoms with van der Waals surface area (Å²) in [5.41, 5.74) is 1.78. The van der Waals surface area contributed by atoms with Crippen LogP contribution in [-0.2, 0) is 0 Å². The molecule has 0 saturated heterocycles. The van der Waals surface area contributed by atoms with Gasteiger partial charge in [0.1, 0.15) is 0 Å². The number of aliphatic hydroxyl groups excluding tert-OH is 1. The highest BCUT2D eigenvalue weighted by molar-refractivity contribution is 5.56. The van der Waals surface area contributed by atoms with Crippen molar-refractivity contribution < 1.29 is 9.84 Å². The highest BCUT2D eigenvalue weighted by Crippen LogP contribution is 2.23. The number of anilines is 1. The predicted molar refractivity (Wildman–Crippen MR) is 55.7 cm³/mol. The number of rotatable bonds is 4. The first-order chi connectivity index (χ1) is 6.67. The number of aryl methyl sites for hydroxylation is 1. The molecule has 78 valence electrons. The maximum Gasteiger partial charge on any atom is 0.160 e. The van der Waals surface area contributed by atoms with Crippen LogP contribution >= 0.6 is 0 Å². The van der Waals surface area contributed by atoms with Gasteiger partial charge in [-0.05, 0) is 19.9 Å². The number of aliphatic hydroxyl groups is 1. The van der Waals surface area contributed by atoms with Crippen molar-refractivity contribution in [3.63, 3.8) is 0 Å². The Hall–Kier alpha value is -1.29. The van der Waals surface area contributed by atoms with Gasteiger partial charge in [-0.2, -0.15) is 0 Å². The van der Waals surface area contributed by atoms with Crippen molar-refractivity contribution in [1.82, 2.24) is 4.98 Å². The maximum atomic E-state index is 8.91. The Morgan fingerprint density at radius 2 is 2.36 bits per heavy atom. The van der Waals surface area contributed by atoms with E-state index in [1.165, 1.54) is 0 Å². The van der Waals surface area contributed by atoms with Crippen LogP contribution in [0.1, 0.15) is 12.6 Å². The summed E-state index contributed by atoms with van der Waals surface area (Å²) in [6.07, 6.45) is 1.67. The molecule has 0 radical (unpaired) electrons. The van der Waals surface area contributed by atoms with Crippen LogP contribution in [0.25, 0.3) is 0 Å². The van der Waals surface area contributed by atoms with Crippen LogP contribution in [0.2, 0.25) is 0 Å². The van der Waals surface area contributed by atoms with Crippen molar-refractivity contribution in [1.29, 1.82) is 0 Å². The molecule has 1 heterocycles. The minimum Gasteiger partial charge on any atom is -0.493 e. The lowest BCUT2D eigenvalue weighted by atomic mass is 10.2. The van der Waals surface area contributed by atoms with Gasteiger partial charge in [-0.3, -0.25) is 4.98 Å². The molecule has 1 aromatic heterocycles. The van der Waals surface area contributed by atoms with E-state index in [9.17, 15) is 0 Å². The van der Waals surface area contributed by atoms with Gasteiger partial charge in [-0.25, -0.2) is 0 Å². The summed E-state index contributed by atoms with van der Waals surface area (Å²) in [4.78, 5) is 4.12. The van der Waals surface area contributed by atoms with Crippen LogP contribution in [0, 0.1) is 6.92 Å². The van der Waals surface area contributed by atoms with E-state index in [4.69, 9.17) is 9.84 Å². The lowest BCUT2D eigenvalue weighted by Gasteiger charge is -2.15. The Morgan fingerprint density at radius 1 is 1.64 bits per heavy atom. The number of aromatic nitrogens is 1. The number of hydrogen-bond acceptors (Lipinski definition) is 4. The Morgan fingerprint density at radius 3 is 2.93 bits per heavy atom. The third kappa shape index (κ3) is 2.60. The van der Waals surface area contributed by atoms with Crippen molar-refractivity contribution in [3.05, 3.63) is 18.0 Å². The minimum absolute atomic E-state index is 0.00528. The summed E-state index contributed by atoms with van der Waals surface area (Å²) < 4.78 is 5.14. The Labute approximate surface area is 83.9 Å². The summed E-state index contributed by atoms with van der Waals surface area (Å²) in [6, 6.07) is 1.90. The molecule has 4 nitrogen and oxygen atoms in total. The van der Waals surface area contributed by atoms with Crippen LogP contribution < -0.4 is 10.1 Å². The van der Waals surface area contributed by atoms with E-state index in [1.807, 2.05) is 19.9 Å². The number of methoxy groups -OCH3 is 1. The van der Waals surface area contributed by atoms with E-state index in [1.54, 1.807) is 13.3 Å². The van der Waals surface area contributed by atoms with Gasteiger partial charge in [0.15, 0.2) is 5.75 Å². The number of hydrogen-bond donors (Lipinski definition) is 2. The van der Waals surface area contributed by atoms with Gasteiger partial charge in [-0.1, -0.05) is 0 Å². The fraction of sp³-hybridized carbons (Fsp3) is 0.500. The van der Waals surface area contributed by atoms with Crippen LogP contribution in [-0.4, -0.2) is 29.8 Å². The second-order valence-corrected chi connectivity index (χ2v) is 3.25. The number of nitrogens with zero attached hydrogens (tertiary/aromatic N) is 1. The minimum atomic E-state index is 0.00528. The highest BCUT2D eigenvalue weighted by Gasteiger charge is 2.06. The van der Waals surface area contributed by atoms with Crippen molar-refractivity contribution in [2.24, 2.45) is 0 Å². The quantitative estimate of drug-likeness (QED) is 0.759. The molecule has 4 heteroatoms. The summed E-state index contributed by atoms with van der Waals surface area (Å²) in [6.45, 7) is 3.90. The SMILES string of the molecule is COc1cnc(C)cc1NC(C)CO. The Balaban J connectivity index is 2.87. The summed E-state index contributed by atoms with van der Waals surface area (Å²) in [7, 11) is 1.60. The Bertz CT molecular complexity index is 302. The van der Waals surface area contributed by atoms with Gasteiger partial charge in [0.25, 0.3) is 0 Å². The van der Waals surface area contributed by atoms with Gasteiger partial charge in [-0.15, -0.1) is 0 Å². The first-order valence-corrected chi connectivity index (χ1v) is 4.55. The fourth-order valence-electron chi connectivity index (χ4n) is 1.13. The predicted octanol–water partition coefficient (Wildman–Crippen LogP) is 1.19. The second kappa shape index (κ2) is 4.81. The maximum absolute atomic E-state index is 8.91. The van der Waals surface area contributed by atoms with Gasteiger partial charge < -0.3 is 15.2 Å². The summed E-state index contributed by atoms with van der Waals surface area (Å²) in [5.74, 6) is 0.691. The fourth-order valence-corrected chi connectivity index (χ4v) is 1.13. The molecule has 0 fully saturated rings. The molecule has 1 unspecified atom stereocenters. The normalized spacial score (nSPS) is 12.3.